The number of hydrogen-bond acceptors (Lipinski definition) is 7. The maximum atomic E-state index is 12.5. The number of aromatic nitrogens is 1. The molecule has 0 spiro atoms. The fourth-order valence-corrected chi connectivity index (χ4v) is 2.65. The largest absolute Gasteiger partial charge is 0.465 e. The first kappa shape index (κ1) is 17.9. The van der Waals surface area contributed by atoms with Crippen LogP contribution in [-0.4, -0.2) is 50.3 Å². The highest BCUT2D eigenvalue weighted by atomic mass is 16.5. The summed E-state index contributed by atoms with van der Waals surface area (Å²) in [5, 5.41) is 2.70. The summed E-state index contributed by atoms with van der Waals surface area (Å²) in [5.41, 5.74) is 1.79. The van der Waals surface area contributed by atoms with E-state index < -0.39 is 11.9 Å². The molecule has 1 N–H and O–H groups in total. The molecular formula is C18H21N3O5. The van der Waals surface area contributed by atoms with Crippen molar-refractivity contribution in [3.8, 4) is 0 Å². The Hall–Kier alpha value is -2.87. The molecule has 0 saturated carbocycles. The van der Waals surface area contributed by atoms with Crippen LogP contribution >= 0.6 is 0 Å². The van der Waals surface area contributed by atoms with Crippen molar-refractivity contribution in [2.45, 2.75) is 13.3 Å². The Labute approximate surface area is 151 Å². The van der Waals surface area contributed by atoms with Crippen molar-refractivity contribution in [3.05, 3.63) is 41.3 Å². The molecule has 1 fully saturated rings. The van der Waals surface area contributed by atoms with Gasteiger partial charge in [0.05, 0.1) is 31.6 Å². The number of amides is 1. The Kier molecular flexibility index (Phi) is 5.52. The minimum absolute atomic E-state index is 0.141. The molecule has 3 rings (SSSR count). The van der Waals surface area contributed by atoms with Crippen molar-refractivity contribution in [1.82, 2.24) is 4.98 Å². The maximum Gasteiger partial charge on any atom is 0.339 e. The van der Waals surface area contributed by atoms with Gasteiger partial charge in [-0.1, -0.05) is 13.0 Å². The second kappa shape index (κ2) is 8.01. The first-order valence-corrected chi connectivity index (χ1v) is 8.43. The predicted octanol–water partition coefficient (Wildman–Crippen LogP) is 2.11. The second-order valence-corrected chi connectivity index (χ2v) is 5.79. The predicted molar refractivity (Wildman–Crippen MR) is 94.6 cm³/mol. The molecule has 1 aromatic heterocycles. The molecule has 2 heterocycles. The zero-order valence-corrected chi connectivity index (χ0v) is 14.8. The Morgan fingerprint density at radius 2 is 2.08 bits per heavy atom. The molecule has 1 aliphatic heterocycles. The van der Waals surface area contributed by atoms with Crippen molar-refractivity contribution in [2.24, 2.45) is 0 Å². The highest BCUT2D eigenvalue weighted by Gasteiger charge is 2.21. The summed E-state index contributed by atoms with van der Waals surface area (Å²) in [6.07, 6.45) is 2.07. The summed E-state index contributed by atoms with van der Waals surface area (Å²) in [6, 6.07) is 5.63. The highest BCUT2D eigenvalue weighted by Crippen LogP contribution is 2.21. The van der Waals surface area contributed by atoms with Crippen molar-refractivity contribution in [1.29, 1.82) is 0 Å². The maximum absolute atomic E-state index is 12.5. The number of nitrogens with zero attached hydrogens (tertiary/aromatic N) is 2. The molecule has 0 unspecified atom stereocenters. The molecule has 0 atom stereocenters. The molecule has 1 aromatic carbocycles. The van der Waals surface area contributed by atoms with Crippen LogP contribution in [0.1, 0.15) is 33.3 Å². The lowest BCUT2D eigenvalue weighted by Crippen LogP contribution is -2.36. The normalized spacial score (nSPS) is 14.2. The number of hydrogen-bond donors (Lipinski definition) is 1. The average Bonchev–Trinajstić information content (AvgIpc) is 3.18. The zero-order chi connectivity index (χ0) is 18.5. The number of oxazole rings is 1. The molecule has 8 heteroatoms. The quantitative estimate of drug-likeness (QED) is 0.817. The van der Waals surface area contributed by atoms with Crippen LogP contribution < -0.4 is 10.2 Å². The van der Waals surface area contributed by atoms with Crippen LogP contribution in [0, 0.1) is 0 Å². The van der Waals surface area contributed by atoms with E-state index >= 15 is 0 Å². The number of morpholine rings is 1. The molecule has 1 amide bonds. The van der Waals surface area contributed by atoms with Crippen molar-refractivity contribution in [2.75, 3.05) is 43.6 Å². The number of aryl methyl sites for hydroxylation is 1. The van der Waals surface area contributed by atoms with Gasteiger partial charge in [0.1, 0.15) is 6.26 Å². The van der Waals surface area contributed by atoms with E-state index in [0.717, 1.165) is 12.0 Å². The van der Waals surface area contributed by atoms with E-state index in [0.29, 0.717) is 43.6 Å². The molecule has 2 aromatic rings. The minimum Gasteiger partial charge on any atom is -0.465 e. The Morgan fingerprint density at radius 3 is 2.77 bits per heavy atom. The average molecular weight is 359 g/mol. The summed E-state index contributed by atoms with van der Waals surface area (Å²) in [4.78, 5) is 30.7. The van der Waals surface area contributed by atoms with Gasteiger partial charge >= 0.3 is 5.97 Å². The molecular weight excluding hydrogens is 338 g/mol. The number of esters is 1. The van der Waals surface area contributed by atoms with E-state index in [1.54, 1.807) is 12.1 Å². The van der Waals surface area contributed by atoms with Crippen molar-refractivity contribution < 1.29 is 23.5 Å². The summed E-state index contributed by atoms with van der Waals surface area (Å²) in [6.45, 7) is 4.49. The van der Waals surface area contributed by atoms with Crippen LogP contribution in [0.4, 0.5) is 11.7 Å². The number of ether oxygens (including phenoxy) is 2. The zero-order valence-electron chi connectivity index (χ0n) is 14.8. The number of rotatable bonds is 5. The van der Waals surface area contributed by atoms with Crippen LogP contribution in [0.3, 0.4) is 0 Å². The van der Waals surface area contributed by atoms with E-state index in [9.17, 15) is 9.59 Å². The van der Waals surface area contributed by atoms with E-state index in [2.05, 4.69) is 10.3 Å². The minimum atomic E-state index is -0.509. The Balaban J connectivity index is 1.77. The van der Waals surface area contributed by atoms with Gasteiger partial charge in [-0.15, -0.1) is 0 Å². The van der Waals surface area contributed by atoms with Gasteiger partial charge < -0.3 is 24.1 Å². The summed E-state index contributed by atoms with van der Waals surface area (Å²) >= 11 is 0. The van der Waals surface area contributed by atoms with Gasteiger partial charge in [0, 0.05) is 13.1 Å². The van der Waals surface area contributed by atoms with Crippen LogP contribution in [0.5, 0.6) is 0 Å². The van der Waals surface area contributed by atoms with E-state index in [4.69, 9.17) is 13.9 Å². The summed E-state index contributed by atoms with van der Waals surface area (Å²) in [7, 11) is 1.30. The molecule has 0 bridgehead atoms. The number of methoxy groups -OCH3 is 1. The van der Waals surface area contributed by atoms with Gasteiger partial charge in [-0.05, 0) is 24.1 Å². The van der Waals surface area contributed by atoms with E-state index in [1.807, 2.05) is 17.9 Å². The standard InChI is InChI=1S/C18H21N3O5/c1-3-12-4-5-14(13(10-12)17(23)24-2)19-16(22)15-11-26-18(20-15)21-6-8-25-9-7-21/h4-5,10-11H,3,6-9H2,1-2H3,(H,19,22). The number of anilines is 2. The van der Waals surface area contributed by atoms with E-state index in [1.165, 1.54) is 13.4 Å². The Morgan fingerprint density at radius 1 is 1.31 bits per heavy atom. The smallest absolute Gasteiger partial charge is 0.339 e. The molecule has 26 heavy (non-hydrogen) atoms. The molecule has 0 aliphatic carbocycles. The van der Waals surface area contributed by atoms with Gasteiger partial charge in [0.15, 0.2) is 5.69 Å². The fourth-order valence-electron chi connectivity index (χ4n) is 2.65. The number of benzene rings is 1. The van der Waals surface area contributed by atoms with Gasteiger partial charge in [-0.25, -0.2) is 4.79 Å². The van der Waals surface area contributed by atoms with Crippen LogP contribution in [0.15, 0.2) is 28.9 Å². The molecule has 0 radical (unpaired) electrons. The lowest BCUT2D eigenvalue weighted by molar-refractivity contribution is 0.0602. The van der Waals surface area contributed by atoms with Gasteiger partial charge in [-0.3, -0.25) is 4.79 Å². The lowest BCUT2D eigenvalue weighted by atomic mass is 10.1. The first-order chi connectivity index (χ1) is 12.6. The molecule has 8 nitrogen and oxygen atoms in total. The summed E-state index contributed by atoms with van der Waals surface area (Å²) in [5.74, 6) is -0.965. The summed E-state index contributed by atoms with van der Waals surface area (Å²) < 4.78 is 15.5. The highest BCUT2D eigenvalue weighted by molar-refractivity contribution is 6.07. The van der Waals surface area contributed by atoms with Crippen molar-refractivity contribution >= 4 is 23.6 Å². The number of nitrogens with one attached hydrogen (secondary N) is 1. The third-order valence-electron chi connectivity index (χ3n) is 4.15. The molecule has 1 saturated heterocycles. The SMILES string of the molecule is CCc1ccc(NC(=O)c2coc(N3CCOCC3)n2)c(C(=O)OC)c1. The van der Waals surface area contributed by atoms with Crippen molar-refractivity contribution in [3.63, 3.8) is 0 Å². The molecule has 138 valence electrons. The number of carbonyl (C=O) groups excluding carboxylic acids is 2. The van der Waals surface area contributed by atoms with Gasteiger partial charge in [-0.2, -0.15) is 4.98 Å². The second-order valence-electron chi connectivity index (χ2n) is 5.79. The first-order valence-electron chi connectivity index (χ1n) is 8.43. The Bertz CT molecular complexity index is 796. The van der Waals surface area contributed by atoms with E-state index in [-0.39, 0.29) is 5.69 Å². The monoisotopic (exact) mass is 359 g/mol. The van der Waals surface area contributed by atoms with Crippen LogP contribution in [-0.2, 0) is 15.9 Å². The van der Waals surface area contributed by atoms with Crippen LogP contribution in [0.2, 0.25) is 0 Å². The third-order valence-corrected chi connectivity index (χ3v) is 4.15. The fraction of sp³-hybridized carbons (Fsp3) is 0.389. The number of carbonyl (C=O) groups is 2. The lowest BCUT2D eigenvalue weighted by Gasteiger charge is -2.24. The van der Waals surface area contributed by atoms with Gasteiger partial charge in [0.2, 0.25) is 0 Å². The van der Waals surface area contributed by atoms with Gasteiger partial charge in [0.25, 0.3) is 11.9 Å². The molecule has 1 aliphatic rings. The third kappa shape index (κ3) is 3.85. The topological polar surface area (TPSA) is 93.9 Å². The van der Waals surface area contributed by atoms with Crippen LogP contribution in [0.25, 0.3) is 0 Å².